The van der Waals surface area contributed by atoms with E-state index < -0.39 is 0 Å². The maximum atomic E-state index is 12.8. The van der Waals surface area contributed by atoms with E-state index in [4.69, 9.17) is 21.2 Å². The van der Waals surface area contributed by atoms with Crippen LogP contribution in [-0.4, -0.2) is 18.2 Å². The molecule has 0 spiro atoms. The quantitative estimate of drug-likeness (QED) is 0.353. The molecule has 0 radical (unpaired) electrons. The van der Waals surface area contributed by atoms with Crippen molar-refractivity contribution in [2.75, 3.05) is 6.61 Å². The van der Waals surface area contributed by atoms with Crippen LogP contribution >= 0.6 is 0 Å². The third-order valence-electron chi connectivity index (χ3n) is 3.17. The average Bonchev–Trinajstić information content (AvgIpc) is 2.61. The number of nitrogens with two attached hydrogens (primary N) is 2. The number of nitrogens with zero attached hydrogens (tertiary/aromatic N) is 2. The minimum Gasteiger partial charge on any atom is -0.486 e. The van der Waals surface area contributed by atoms with Gasteiger partial charge in [-0.1, -0.05) is 17.3 Å². The van der Waals surface area contributed by atoms with Crippen LogP contribution in [0, 0.1) is 5.82 Å². The molecule has 0 amide bonds. The molecule has 0 aliphatic carbocycles. The Morgan fingerprint density at radius 2 is 1.75 bits per heavy atom. The minimum atomic E-state index is -0.278. The first kappa shape index (κ1) is 17.3. The van der Waals surface area contributed by atoms with Crippen molar-refractivity contribution < 1.29 is 14.0 Å². The van der Waals surface area contributed by atoms with E-state index in [0.29, 0.717) is 11.5 Å². The Morgan fingerprint density at radius 3 is 2.38 bits per heavy atom. The summed E-state index contributed by atoms with van der Waals surface area (Å²) < 4.78 is 18.2. The predicted octanol–water partition coefficient (Wildman–Crippen LogP) is 2.38. The molecular weight excluding hydrogens is 311 g/mol. The highest BCUT2D eigenvalue weighted by Crippen LogP contribution is 2.13. The van der Waals surface area contributed by atoms with Gasteiger partial charge in [0.2, 0.25) is 0 Å². The van der Waals surface area contributed by atoms with Gasteiger partial charge in [-0.05, 0) is 54.4 Å². The van der Waals surface area contributed by atoms with Crippen LogP contribution in [0.4, 0.5) is 4.39 Å². The van der Waals surface area contributed by atoms with E-state index >= 15 is 0 Å². The number of ether oxygens (including phenoxy) is 1. The van der Waals surface area contributed by atoms with Crippen LogP contribution in [0.25, 0.3) is 0 Å². The van der Waals surface area contributed by atoms with Crippen molar-refractivity contribution in [3.05, 3.63) is 65.5 Å². The Labute approximate surface area is 139 Å². The fraction of sp³-hybridized carbons (Fsp3) is 0.176. The third kappa shape index (κ3) is 5.28. The second kappa shape index (κ2) is 8.52. The first-order chi connectivity index (χ1) is 11.6. The Balaban J connectivity index is 1.89. The molecule has 0 heterocycles. The van der Waals surface area contributed by atoms with Crippen LogP contribution in [0.15, 0.2) is 58.8 Å². The molecule has 2 aromatic rings. The van der Waals surface area contributed by atoms with Crippen molar-refractivity contribution in [1.82, 2.24) is 0 Å². The van der Waals surface area contributed by atoms with Crippen LogP contribution in [0.3, 0.4) is 0 Å². The van der Waals surface area contributed by atoms with Crippen LogP contribution in [0.2, 0.25) is 0 Å². The molecular formula is C17H19FN4O2. The Kier molecular flexibility index (Phi) is 6.13. The monoisotopic (exact) mass is 330 g/mol. The van der Waals surface area contributed by atoms with E-state index in [2.05, 4.69) is 10.3 Å². The van der Waals surface area contributed by atoms with Crippen LogP contribution < -0.4 is 16.3 Å². The van der Waals surface area contributed by atoms with Gasteiger partial charge in [0.25, 0.3) is 0 Å². The molecule has 0 atom stereocenters. The molecule has 7 heteroatoms. The van der Waals surface area contributed by atoms with Gasteiger partial charge in [-0.15, -0.1) is 0 Å². The van der Waals surface area contributed by atoms with E-state index in [9.17, 15) is 4.39 Å². The summed E-state index contributed by atoms with van der Waals surface area (Å²) in [6.45, 7) is 2.24. The molecule has 6 nitrogen and oxygen atoms in total. The van der Waals surface area contributed by atoms with Crippen molar-refractivity contribution in [2.45, 2.75) is 13.5 Å². The Hall–Kier alpha value is -3.09. The van der Waals surface area contributed by atoms with Gasteiger partial charge >= 0.3 is 0 Å². The number of hydrogen-bond donors (Lipinski definition) is 2. The zero-order valence-corrected chi connectivity index (χ0v) is 13.3. The Morgan fingerprint density at radius 1 is 1.08 bits per heavy atom. The van der Waals surface area contributed by atoms with Crippen LogP contribution in [0.5, 0.6) is 5.75 Å². The van der Waals surface area contributed by atoms with Crippen molar-refractivity contribution in [3.63, 3.8) is 0 Å². The number of halogens is 1. The fourth-order valence-corrected chi connectivity index (χ4v) is 1.82. The SMILES string of the molecule is C/C(=N\OCc1ccc(F)cc1)c1ccc(OCC(N)=NN)cc1. The lowest BCUT2D eigenvalue weighted by atomic mass is 10.1. The van der Waals surface area contributed by atoms with E-state index in [1.165, 1.54) is 12.1 Å². The van der Waals surface area contributed by atoms with Gasteiger partial charge in [-0.25, -0.2) is 4.39 Å². The van der Waals surface area contributed by atoms with Crippen molar-refractivity contribution >= 4 is 11.5 Å². The molecule has 0 aliphatic rings. The van der Waals surface area contributed by atoms with Crippen molar-refractivity contribution in [1.29, 1.82) is 0 Å². The number of benzene rings is 2. The lowest BCUT2D eigenvalue weighted by molar-refractivity contribution is 0.130. The molecule has 0 saturated carbocycles. The second-order valence-electron chi connectivity index (χ2n) is 5.01. The summed E-state index contributed by atoms with van der Waals surface area (Å²) in [6, 6.07) is 13.4. The van der Waals surface area contributed by atoms with Gasteiger partial charge in [-0.3, -0.25) is 0 Å². The van der Waals surface area contributed by atoms with Gasteiger partial charge in [0.15, 0.2) is 5.84 Å². The van der Waals surface area contributed by atoms with Crippen LogP contribution in [0.1, 0.15) is 18.1 Å². The summed E-state index contributed by atoms with van der Waals surface area (Å²) >= 11 is 0. The molecule has 0 aromatic heterocycles. The standard InChI is InChI=1S/C17H19FN4O2/c1-12(22-24-10-13-2-6-15(18)7-3-13)14-4-8-16(9-5-14)23-11-17(19)21-20/h2-9H,10-11,20H2,1H3,(H2,19,21)/b22-12+. The van der Waals surface area contributed by atoms with E-state index in [1.807, 2.05) is 19.1 Å². The Bertz CT molecular complexity index is 712. The predicted molar refractivity (Wildman–Crippen MR) is 91.1 cm³/mol. The zero-order chi connectivity index (χ0) is 17.4. The zero-order valence-electron chi connectivity index (χ0n) is 13.3. The maximum Gasteiger partial charge on any atom is 0.157 e. The smallest absolute Gasteiger partial charge is 0.157 e. The first-order valence-corrected chi connectivity index (χ1v) is 7.25. The van der Waals surface area contributed by atoms with Crippen LogP contribution in [-0.2, 0) is 11.4 Å². The summed E-state index contributed by atoms with van der Waals surface area (Å²) in [5.74, 6) is 5.61. The summed E-state index contributed by atoms with van der Waals surface area (Å²) in [5.41, 5.74) is 7.90. The summed E-state index contributed by atoms with van der Waals surface area (Å²) in [7, 11) is 0. The highest BCUT2D eigenvalue weighted by Gasteiger charge is 2.01. The van der Waals surface area contributed by atoms with Crippen molar-refractivity contribution in [3.8, 4) is 5.75 Å². The molecule has 2 aromatic carbocycles. The van der Waals surface area contributed by atoms with Gasteiger partial charge in [0.05, 0.1) is 5.71 Å². The molecule has 4 N–H and O–H groups in total. The van der Waals surface area contributed by atoms with E-state index in [-0.39, 0.29) is 24.9 Å². The summed E-state index contributed by atoms with van der Waals surface area (Å²) in [4.78, 5) is 5.29. The molecule has 126 valence electrons. The largest absolute Gasteiger partial charge is 0.486 e. The number of amidine groups is 1. The van der Waals surface area contributed by atoms with Gasteiger partial charge in [0.1, 0.15) is 24.8 Å². The normalized spacial score (nSPS) is 12.1. The lowest BCUT2D eigenvalue weighted by Crippen LogP contribution is -2.22. The lowest BCUT2D eigenvalue weighted by Gasteiger charge is -2.07. The second-order valence-corrected chi connectivity index (χ2v) is 5.01. The maximum absolute atomic E-state index is 12.8. The molecule has 0 aliphatic heterocycles. The highest BCUT2D eigenvalue weighted by atomic mass is 19.1. The minimum absolute atomic E-state index is 0.129. The molecule has 0 bridgehead atoms. The number of oxime groups is 1. The van der Waals surface area contributed by atoms with Crippen molar-refractivity contribution in [2.24, 2.45) is 21.8 Å². The number of rotatable bonds is 7. The summed E-state index contributed by atoms with van der Waals surface area (Å²) in [5, 5.41) is 7.38. The topological polar surface area (TPSA) is 95.2 Å². The number of hydrogen-bond acceptors (Lipinski definition) is 5. The van der Waals surface area contributed by atoms with E-state index in [0.717, 1.165) is 11.1 Å². The molecule has 24 heavy (non-hydrogen) atoms. The van der Waals surface area contributed by atoms with E-state index in [1.54, 1.807) is 24.3 Å². The fourth-order valence-electron chi connectivity index (χ4n) is 1.82. The molecule has 2 rings (SSSR count). The third-order valence-corrected chi connectivity index (χ3v) is 3.17. The molecule has 0 unspecified atom stereocenters. The average molecular weight is 330 g/mol. The number of hydrazone groups is 1. The summed E-state index contributed by atoms with van der Waals surface area (Å²) in [6.07, 6.45) is 0. The van der Waals surface area contributed by atoms with Gasteiger partial charge in [0, 0.05) is 0 Å². The first-order valence-electron chi connectivity index (χ1n) is 7.25. The van der Waals surface area contributed by atoms with Gasteiger partial charge < -0.3 is 21.2 Å². The highest BCUT2D eigenvalue weighted by molar-refractivity contribution is 5.98. The molecule has 0 saturated heterocycles. The van der Waals surface area contributed by atoms with Gasteiger partial charge in [-0.2, -0.15) is 5.10 Å². The molecule has 0 fully saturated rings.